The van der Waals surface area contributed by atoms with Gasteiger partial charge in [-0.15, -0.1) is 0 Å². The van der Waals surface area contributed by atoms with Gasteiger partial charge in [0.2, 0.25) is 0 Å². The minimum absolute atomic E-state index is 0.000761. The molecular formula is C25H29N3O. The molecule has 29 heavy (non-hydrogen) atoms. The number of nitrogens with zero attached hydrogens (tertiary/aromatic N) is 1. The van der Waals surface area contributed by atoms with E-state index in [2.05, 4.69) is 42.7 Å². The second kappa shape index (κ2) is 8.64. The highest BCUT2D eigenvalue weighted by atomic mass is 16.1. The van der Waals surface area contributed by atoms with Crippen LogP contribution >= 0.6 is 0 Å². The largest absolute Gasteiger partial charge is 0.349 e. The zero-order valence-electron chi connectivity index (χ0n) is 17.3. The van der Waals surface area contributed by atoms with E-state index in [0.717, 1.165) is 35.0 Å². The highest BCUT2D eigenvalue weighted by molar-refractivity contribution is 6.07. The van der Waals surface area contributed by atoms with Crippen molar-refractivity contribution >= 4 is 28.3 Å². The number of hydrogen-bond acceptors (Lipinski definition) is 3. The fourth-order valence-electron chi connectivity index (χ4n) is 4.21. The summed E-state index contributed by atoms with van der Waals surface area (Å²) in [5, 5.41) is 7.59. The van der Waals surface area contributed by atoms with Crippen molar-refractivity contribution in [3.63, 3.8) is 0 Å². The molecule has 150 valence electrons. The normalized spacial score (nSPS) is 15.1. The third kappa shape index (κ3) is 4.58. The van der Waals surface area contributed by atoms with E-state index < -0.39 is 0 Å². The van der Waals surface area contributed by atoms with Gasteiger partial charge in [-0.3, -0.25) is 4.79 Å². The first-order chi connectivity index (χ1) is 14.1. The van der Waals surface area contributed by atoms with E-state index in [1.54, 1.807) is 0 Å². The summed E-state index contributed by atoms with van der Waals surface area (Å²) in [6.07, 6.45) is 7.08. The lowest BCUT2D eigenvalue weighted by Crippen LogP contribution is -2.34. The number of carbonyl (C=O) groups is 1. The molecule has 1 aromatic heterocycles. The average Bonchev–Trinajstić information content (AvgIpc) is 2.98. The molecule has 4 nitrogen and oxygen atoms in total. The van der Waals surface area contributed by atoms with Crippen LogP contribution in [0.5, 0.6) is 0 Å². The van der Waals surface area contributed by atoms with E-state index in [4.69, 9.17) is 4.98 Å². The van der Waals surface area contributed by atoms with Crippen molar-refractivity contribution in [2.24, 2.45) is 0 Å². The Bertz CT molecular complexity index is 1020. The average molecular weight is 388 g/mol. The lowest BCUT2D eigenvalue weighted by Gasteiger charge is -2.18. The van der Waals surface area contributed by atoms with Gasteiger partial charge in [0.05, 0.1) is 11.1 Å². The van der Waals surface area contributed by atoms with Crippen LogP contribution in [-0.2, 0) is 0 Å². The quantitative estimate of drug-likeness (QED) is 0.536. The highest BCUT2D eigenvalue weighted by Crippen LogP contribution is 2.26. The van der Waals surface area contributed by atoms with Gasteiger partial charge >= 0.3 is 0 Å². The molecule has 1 saturated carbocycles. The SMILES string of the molecule is Cc1ccc(Nc2cc(C(=O)NC3CCCCCC3)c3ccccc3n2)c(C)c1. The van der Waals surface area contributed by atoms with E-state index >= 15 is 0 Å². The molecule has 2 N–H and O–H groups in total. The van der Waals surface area contributed by atoms with Crippen molar-refractivity contribution in [1.82, 2.24) is 10.3 Å². The monoisotopic (exact) mass is 387 g/mol. The Morgan fingerprint density at radius 3 is 2.48 bits per heavy atom. The molecule has 0 atom stereocenters. The summed E-state index contributed by atoms with van der Waals surface area (Å²) in [5.41, 5.74) is 4.90. The van der Waals surface area contributed by atoms with Crippen LogP contribution in [0, 0.1) is 13.8 Å². The van der Waals surface area contributed by atoms with Crippen LogP contribution in [0.15, 0.2) is 48.5 Å². The van der Waals surface area contributed by atoms with Crippen molar-refractivity contribution in [2.75, 3.05) is 5.32 Å². The topological polar surface area (TPSA) is 54.0 Å². The van der Waals surface area contributed by atoms with Gasteiger partial charge in [0, 0.05) is 17.1 Å². The molecule has 0 spiro atoms. The molecule has 0 unspecified atom stereocenters. The van der Waals surface area contributed by atoms with Gasteiger partial charge < -0.3 is 10.6 Å². The maximum atomic E-state index is 13.2. The van der Waals surface area contributed by atoms with Gasteiger partial charge in [-0.2, -0.15) is 0 Å². The Balaban J connectivity index is 1.66. The minimum Gasteiger partial charge on any atom is -0.349 e. The van der Waals surface area contributed by atoms with E-state index in [0.29, 0.717) is 11.4 Å². The summed E-state index contributed by atoms with van der Waals surface area (Å²) in [6, 6.07) is 16.3. The number of benzene rings is 2. The van der Waals surface area contributed by atoms with Crippen molar-refractivity contribution in [3.8, 4) is 0 Å². The maximum absolute atomic E-state index is 13.2. The summed E-state index contributed by atoms with van der Waals surface area (Å²) in [7, 11) is 0. The maximum Gasteiger partial charge on any atom is 0.252 e. The lowest BCUT2D eigenvalue weighted by molar-refractivity contribution is 0.0935. The Labute approximate surface area is 172 Å². The van der Waals surface area contributed by atoms with Crippen LogP contribution in [0.1, 0.15) is 60.0 Å². The molecule has 1 heterocycles. The number of aryl methyl sites for hydroxylation is 2. The number of nitrogens with one attached hydrogen (secondary N) is 2. The van der Waals surface area contributed by atoms with Gasteiger partial charge in [0.1, 0.15) is 5.82 Å². The number of pyridine rings is 1. The second-order valence-electron chi connectivity index (χ2n) is 8.18. The molecule has 0 bridgehead atoms. The second-order valence-corrected chi connectivity index (χ2v) is 8.18. The van der Waals surface area contributed by atoms with Crippen molar-refractivity contribution in [1.29, 1.82) is 0 Å². The van der Waals surface area contributed by atoms with Gasteiger partial charge in [0.25, 0.3) is 5.91 Å². The predicted molar refractivity (Wildman–Crippen MR) is 120 cm³/mol. The third-order valence-electron chi connectivity index (χ3n) is 5.80. The van der Waals surface area contributed by atoms with Gasteiger partial charge in [0.15, 0.2) is 0 Å². The Hall–Kier alpha value is -2.88. The van der Waals surface area contributed by atoms with Crippen molar-refractivity contribution in [2.45, 2.75) is 58.4 Å². The van der Waals surface area contributed by atoms with Crippen molar-refractivity contribution < 1.29 is 4.79 Å². The number of carbonyl (C=O) groups excluding carboxylic acids is 1. The number of hydrogen-bond donors (Lipinski definition) is 2. The summed E-state index contributed by atoms with van der Waals surface area (Å²) in [6.45, 7) is 4.16. The number of anilines is 2. The molecule has 1 aliphatic rings. The lowest BCUT2D eigenvalue weighted by atomic mass is 10.1. The highest BCUT2D eigenvalue weighted by Gasteiger charge is 2.18. The molecule has 4 rings (SSSR count). The van der Waals surface area contributed by atoms with Crippen molar-refractivity contribution in [3.05, 3.63) is 65.2 Å². The molecule has 4 heteroatoms. The molecule has 1 fully saturated rings. The van der Waals surface area contributed by atoms with Crippen LogP contribution in [0.3, 0.4) is 0 Å². The first kappa shape index (κ1) is 19.4. The number of aromatic nitrogens is 1. The molecule has 0 saturated heterocycles. The van der Waals surface area contributed by atoms with Crippen LogP contribution in [0.2, 0.25) is 0 Å². The summed E-state index contributed by atoms with van der Waals surface area (Å²) in [5.74, 6) is 0.695. The number of amides is 1. The van der Waals surface area contributed by atoms with E-state index in [-0.39, 0.29) is 11.9 Å². The first-order valence-corrected chi connectivity index (χ1v) is 10.6. The Kier molecular flexibility index (Phi) is 5.79. The molecule has 1 aliphatic carbocycles. The summed E-state index contributed by atoms with van der Waals surface area (Å²) in [4.78, 5) is 17.9. The van der Waals surface area contributed by atoms with Crippen LogP contribution in [-0.4, -0.2) is 16.9 Å². The molecule has 2 aromatic carbocycles. The zero-order chi connectivity index (χ0) is 20.2. The summed E-state index contributed by atoms with van der Waals surface area (Å²) >= 11 is 0. The van der Waals surface area contributed by atoms with Gasteiger partial charge in [-0.25, -0.2) is 4.98 Å². The predicted octanol–water partition coefficient (Wildman–Crippen LogP) is 6.05. The smallest absolute Gasteiger partial charge is 0.252 e. The molecule has 1 amide bonds. The molecule has 3 aromatic rings. The standard InChI is InChI=1S/C25H29N3O/c1-17-13-14-22(18(2)15-17)27-24-16-21(20-11-7-8-12-23(20)28-24)25(29)26-19-9-5-3-4-6-10-19/h7-8,11-16,19H,3-6,9-10H2,1-2H3,(H,26,29)(H,27,28). The van der Waals surface area contributed by atoms with Crippen LogP contribution < -0.4 is 10.6 Å². The van der Waals surface area contributed by atoms with E-state index in [1.807, 2.05) is 30.3 Å². The van der Waals surface area contributed by atoms with E-state index in [9.17, 15) is 4.79 Å². The summed E-state index contributed by atoms with van der Waals surface area (Å²) < 4.78 is 0. The van der Waals surface area contributed by atoms with E-state index in [1.165, 1.54) is 31.2 Å². The van der Waals surface area contributed by atoms with Gasteiger partial charge in [-0.1, -0.05) is 61.6 Å². The minimum atomic E-state index is -0.000761. The molecule has 0 radical (unpaired) electrons. The fourth-order valence-corrected chi connectivity index (χ4v) is 4.21. The Morgan fingerprint density at radius 2 is 1.72 bits per heavy atom. The molecule has 0 aliphatic heterocycles. The first-order valence-electron chi connectivity index (χ1n) is 10.6. The fraction of sp³-hybridized carbons (Fsp3) is 0.360. The number of rotatable bonds is 4. The number of para-hydroxylation sites is 1. The Morgan fingerprint density at radius 1 is 0.966 bits per heavy atom. The van der Waals surface area contributed by atoms with Crippen LogP contribution in [0.25, 0.3) is 10.9 Å². The van der Waals surface area contributed by atoms with Crippen LogP contribution in [0.4, 0.5) is 11.5 Å². The number of fused-ring (bicyclic) bond motifs is 1. The van der Waals surface area contributed by atoms with Gasteiger partial charge in [-0.05, 0) is 50.5 Å². The molecular weight excluding hydrogens is 358 g/mol. The zero-order valence-corrected chi connectivity index (χ0v) is 17.3. The third-order valence-corrected chi connectivity index (χ3v) is 5.80.